The minimum absolute atomic E-state index is 0.201. The van der Waals surface area contributed by atoms with Crippen molar-refractivity contribution in [1.29, 1.82) is 0 Å². The molecule has 1 aromatic heterocycles. The van der Waals surface area contributed by atoms with Gasteiger partial charge in [0, 0.05) is 18.8 Å². The molecule has 0 aromatic carbocycles. The molecule has 0 aliphatic heterocycles. The van der Waals surface area contributed by atoms with Crippen molar-refractivity contribution in [3.05, 3.63) is 28.4 Å². The highest BCUT2D eigenvalue weighted by molar-refractivity contribution is 5.69. The standard InChI is InChI=1S/C7H8N2O3/c1-9-4-8-3-5(7(9)12)2-6(10)11/h3-4H,2H2,1H3,(H,10,11). The Morgan fingerprint density at radius 2 is 2.42 bits per heavy atom. The van der Waals surface area contributed by atoms with Gasteiger partial charge in [0.05, 0.1) is 12.7 Å². The Kier molecular flexibility index (Phi) is 2.23. The van der Waals surface area contributed by atoms with E-state index in [1.165, 1.54) is 24.1 Å². The van der Waals surface area contributed by atoms with Gasteiger partial charge in [0.1, 0.15) is 0 Å². The smallest absolute Gasteiger partial charge is 0.308 e. The molecule has 0 saturated carbocycles. The number of rotatable bonds is 2. The van der Waals surface area contributed by atoms with E-state index in [4.69, 9.17) is 5.11 Å². The van der Waals surface area contributed by atoms with Crippen molar-refractivity contribution in [2.45, 2.75) is 6.42 Å². The largest absolute Gasteiger partial charge is 0.481 e. The Bertz CT molecular complexity index is 356. The van der Waals surface area contributed by atoms with Crippen LogP contribution in [0.4, 0.5) is 0 Å². The van der Waals surface area contributed by atoms with Crippen LogP contribution in [0.15, 0.2) is 17.3 Å². The zero-order chi connectivity index (χ0) is 9.14. The van der Waals surface area contributed by atoms with Gasteiger partial charge in [0.2, 0.25) is 0 Å². The van der Waals surface area contributed by atoms with E-state index in [1.54, 1.807) is 0 Å². The van der Waals surface area contributed by atoms with Crippen molar-refractivity contribution in [1.82, 2.24) is 9.55 Å². The van der Waals surface area contributed by atoms with Gasteiger partial charge < -0.3 is 9.67 Å². The second-order valence-corrected chi connectivity index (χ2v) is 2.41. The summed E-state index contributed by atoms with van der Waals surface area (Å²) in [6.07, 6.45) is 2.34. The highest BCUT2D eigenvalue weighted by Gasteiger charge is 2.05. The molecule has 0 aliphatic rings. The lowest BCUT2D eigenvalue weighted by atomic mass is 10.2. The second kappa shape index (κ2) is 3.17. The summed E-state index contributed by atoms with van der Waals surface area (Å²) in [6, 6.07) is 0. The van der Waals surface area contributed by atoms with Crippen molar-refractivity contribution < 1.29 is 9.90 Å². The molecule has 5 nitrogen and oxygen atoms in total. The van der Waals surface area contributed by atoms with Crippen molar-refractivity contribution in [3.8, 4) is 0 Å². The van der Waals surface area contributed by atoms with Gasteiger partial charge in [-0.15, -0.1) is 0 Å². The van der Waals surface area contributed by atoms with Gasteiger partial charge in [-0.25, -0.2) is 4.98 Å². The third-order valence-electron chi connectivity index (χ3n) is 1.41. The van der Waals surface area contributed by atoms with Crippen LogP contribution in [0.1, 0.15) is 5.56 Å². The molecule has 5 heteroatoms. The van der Waals surface area contributed by atoms with Crippen LogP contribution in [0, 0.1) is 0 Å². The summed E-state index contributed by atoms with van der Waals surface area (Å²) >= 11 is 0. The summed E-state index contributed by atoms with van der Waals surface area (Å²) in [5.41, 5.74) is -0.111. The van der Waals surface area contributed by atoms with Gasteiger partial charge in [-0.05, 0) is 0 Å². The molecule has 0 unspecified atom stereocenters. The van der Waals surface area contributed by atoms with Crippen LogP contribution in [-0.2, 0) is 18.3 Å². The number of carbonyl (C=O) groups is 1. The fraction of sp³-hybridized carbons (Fsp3) is 0.286. The van der Waals surface area contributed by atoms with Gasteiger partial charge in [0.15, 0.2) is 0 Å². The average molecular weight is 168 g/mol. The van der Waals surface area contributed by atoms with Gasteiger partial charge in [-0.2, -0.15) is 0 Å². The topological polar surface area (TPSA) is 72.2 Å². The van der Waals surface area contributed by atoms with Crippen molar-refractivity contribution in [2.24, 2.45) is 7.05 Å². The Labute approximate surface area is 68.3 Å². The lowest BCUT2D eigenvalue weighted by Crippen LogP contribution is -2.22. The zero-order valence-corrected chi connectivity index (χ0v) is 6.52. The Hall–Kier alpha value is -1.65. The monoisotopic (exact) mass is 168 g/mol. The van der Waals surface area contributed by atoms with E-state index in [1.807, 2.05) is 0 Å². The van der Waals surface area contributed by atoms with Gasteiger partial charge >= 0.3 is 5.97 Å². The Morgan fingerprint density at radius 3 is 3.00 bits per heavy atom. The second-order valence-electron chi connectivity index (χ2n) is 2.41. The van der Waals surface area contributed by atoms with E-state index < -0.39 is 5.97 Å². The van der Waals surface area contributed by atoms with Crippen molar-refractivity contribution >= 4 is 5.97 Å². The predicted molar refractivity (Wildman–Crippen MR) is 40.8 cm³/mol. The minimum Gasteiger partial charge on any atom is -0.481 e. The van der Waals surface area contributed by atoms with Gasteiger partial charge in [0.25, 0.3) is 5.56 Å². The molecule has 0 fully saturated rings. The normalized spacial score (nSPS) is 9.75. The summed E-state index contributed by atoms with van der Waals surface area (Å²) in [5.74, 6) is -1.03. The lowest BCUT2D eigenvalue weighted by Gasteiger charge is -1.97. The number of aromatic nitrogens is 2. The molecule has 0 aliphatic carbocycles. The zero-order valence-electron chi connectivity index (χ0n) is 6.52. The number of hydrogen-bond acceptors (Lipinski definition) is 3. The first-order valence-electron chi connectivity index (χ1n) is 3.32. The first kappa shape index (κ1) is 8.45. The molecule has 1 heterocycles. The SMILES string of the molecule is Cn1cncc(CC(=O)O)c1=O. The summed E-state index contributed by atoms with van der Waals surface area (Å²) in [6.45, 7) is 0. The molecule has 64 valence electrons. The summed E-state index contributed by atoms with van der Waals surface area (Å²) in [7, 11) is 1.53. The molecule has 1 N–H and O–H groups in total. The maximum absolute atomic E-state index is 11.2. The molecule has 0 spiro atoms. The molecule has 12 heavy (non-hydrogen) atoms. The quantitative estimate of drug-likeness (QED) is 0.640. The first-order chi connectivity index (χ1) is 5.61. The summed E-state index contributed by atoms with van der Waals surface area (Å²) in [5, 5.41) is 8.41. The number of hydrogen-bond donors (Lipinski definition) is 1. The summed E-state index contributed by atoms with van der Waals surface area (Å²) < 4.78 is 1.25. The minimum atomic E-state index is -1.03. The van der Waals surface area contributed by atoms with Crippen LogP contribution in [0.2, 0.25) is 0 Å². The highest BCUT2D eigenvalue weighted by atomic mass is 16.4. The first-order valence-corrected chi connectivity index (χ1v) is 3.32. The predicted octanol–water partition coefficient (Wildman–Crippen LogP) is -0.593. The number of aliphatic carboxylic acids is 1. The van der Waals surface area contributed by atoms with E-state index in [-0.39, 0.29) is 17.5 Å². The number of carboxylic acids is 1. The van der Waals surface area contributed by atoms with E-state index >= 15 is 0 Å². The number of aryl methyl sites for hydroxylation is 1. The molecule has 0 saturated heterocycles. The Morgan fingerprint density at radius 1 is 1.75 bits per heavy atom. The van der Waals surface area contributed by atoms with Crippen LogP contribution in [-0.4, -0.2) is 20.6 Å². The maximum atomic E-state index is 11.2. The van der Waals surface area contributed by atoms with E-state index in [9.17, 15) is 9.59 Å². The van der Waals surface area contributed by atoms with Crippen LogP contribution in [0.3, 0.4) is 0 Å². The summed E-state index contributed by atoms with van der Waals surface area (Å²) in [4.78, 5) is 25.1. The van der Waals surface area contributed by atoms with E-state index in [2.05, 4.69) is 4.98 Å². The molecule has 0 radical (unpaired) electrons. The van der Waals surface area contributed by atoms with Gasteiger partial charge in [-0.3, -0.25) is 9.59 Å². The van der Waals surface area contributed by atoms with Crippen LogP contribution >= 0.6 is 0 Å². The average Bonchev–Trinajstić information content (AvgIpc) is 1.98. The number of carboxylic acid groups (broad SMARTS) is 1. The third kappa shape index (κ3) is 1.69. The lowest BCUT2D eigenvalue weighted by molar-refractivity contribution is -0.136. The van der Waals surface area contributed by atoms with Crippen molar-refractivity contribution in [3.63, 3.8) is 0 Å². The van der Waals surface area contributed by atoms with Crippen LogP contribution in [0.25, 0.3) is 0 Å². The fourth-order valence-corrected chi connectivity index (χ4v) is 0.842. The maximum Gasteiger partial charge on any atom is 0.308 e. The fourth-order valence-electron chi connectivity index (χ4n) is 0.842. The third-order valence-corrected chi connectivity index (χ3v) is 1.41. The molecule has 1 aromatic rings. The molecule has 1 rings (SSSR count). The Balaban J connectivity index is 3.09. The molecular weight excluding hydrogens is 160 g/mol. The van der Waals surface area contributed by atoms with Crippen molar-refractivity contribution in [2.75, 3.05) is 0 Å². The molecular formula is C7H8N2O3. The van der Waals surface area contributed by atoms with Gasteiger partial charge in [-0.1, -0.05) is 0 Å². The highest BCUT2D eigenvalue weighted by Crippen LogP contribution is 1.88. The molecule has 0 atom stereocenters. The van der Waals surface area contributed by atoms with Crippen LogP contribution in [0.5, 0.6) is 0 Å². The molecule has 0 bridgehead atoms. The van der Waals surface area contributed by atoms with E-state index in [0.717, 1.165) is 0 Å². The van der Waals surface area contributed by atoms with E-state index in [0.29, 0.717) is 0 Å². The molecule has 0 amide bonds. The number of nitrogens with zero attached hydrogens (tertiary/aromatic N) is 2. The van der Waals surface area contributed by atoms with Crippen LogP contribution < -0.4 is 5.56 Å².